The lowest BCUT2D eigenvalue weighted by Gasteiger charge is -2.08. The first-order chi connectivity index (χ1) is 11.6. The van der Waals surface area contributed by atoms with Crippen LogP contribution in [-0.4, -0.2) is 16.8 Å². The van der Waals surface area contributed by atoms with Crippen LogP contribution in [0.4, 0.5) is 5.13 Å². The third-order valence-electron chi connectivity index (χ3n) is 3.05. The van der Waals surface area contributed by atoms with Gasteiger partial charge in [-0.3, -0.25) is 14.9 Å². The highest BCUT2D eigenvalue weighted by atomic mass is 32.2. The monoisotopic (exact) mass is 375 g/mol. The molecule has 2 aromatic heterocycles. The van der Waals surface area contributed by atoms with Crippen molar-refractivity contribution in [1.29, 1.82) is 0 Å². The van der Waals surface area contributed by atoms with Crippen molar-refractivity contribution in [3.05, 3.63) is 63.3 Å². The van der Waals surface area contributed by atoms with E-state index in [0.717, 1.165) is 22.0 Å². The Kier molecular flexibility index (Phi) is 5.29. The third-order valence-corrected chi connectivity index (χ3v) is 6.16. The number of hydrogen-bond acceptors (Lipinski definition) is 6. The minimum absolute atomic E-state index is 0.255. The number of thioether (sulfide) groups is 1. The van der Waals surface area contributed by atoms with E-state index in [1.165, 1.54) is 11.1 Å². The number of hydrogen-bond donors (Lipinski definition) is 2. The van der Waals surface area contributed by atoms with Crippen molar-refractivity contribution in [2.45, 2.75) is 10.6 Å². The van der Waals surface area contributed by atoms with E-state index in [-0.39, 0.29) is 5.91 Å². The van der Waals surface area contributed by atoms with Crippen molar-refractivity contribution in [2.24, 2.45) is 5.73 Å². The molecule has 5 nitrogen and oxygen atoms in total. The topological polar surface area (TPSA) is 85.1 Å². The maximum Gasteiger partial charge on any atom is 0.260 e. The molecule has 122 valence electrons. The van der Waals surface area contributed by atoms with Gasteiger partial charge in [-0.15, -0.1) is 23.1 Å². The van der Waals surface area contributed by atoms with Crippen LogP contribution < -0.4 is 11.1 Å². The first kappa shape index (κ1) is 16.7. The number of nitrogens with one attached hydrogen (secondary N) is 1. The number of aromatic nitrogens is 1. The maximum atomic E-state index is 12.5. The fourth-order valence-electron chi connectivity index (χ4n) is 1.93. The van der Waals surface area contributed by atoms with E-state index in [1.54, 1.807) is 29.2 Å². The summed E-state index contributed by atoms with van der Waals surface area (Å²) in [4.78, 5) is 30.1. The van der Waals surface area contributed by atoms with Crippen LogP contribution in [0.5, 0.6) is 0 Å². The van der Waals surface area contributed by atoms with Crippen LogP contribution in [-0.2, 0) is 5.75 Å². The summed E-state index contributed by atoms with van der Waals surface area (Å²) in [7, 11) is 0. The molecule has 3 N–H and O–H groups in total. The van der Waals surface area contributed by atoms with Gasteiger partial charge in [0.2, 0.25) is 0 Å². The predicted octanol–water partition coefficient (Wildman–Crippen LogP) is 3.85. The number of anilines is 1. The molecule has 0 bridgehead atoms. The largest absolute Gasteiger partial charge is 0.365 e. The molecule has 0 aliphatic rings. The van der Waals surface area contributed by atoms with Gasteiger partial charge in [0.1, 0.15) is 4.88 Å². The Labute approximate surface area is 150 Å². The second kappa shape index (κ2) is 7.61. The van der Waals surface area contributed by atoms with E-state index >= 15 is 0 Å². The Balaban J connectivity index is 1.73. The van der Waals surface area contributed by atoms with Crippen LogP contribution >= 0.6 is 34.4 Å². The van der Waals surface area contributed by atoms with E-state index in [2.05, 4.69) is 16.4 Å². The summed E-state index contributed by atoms with van der Waals surface area (Å²) in [6.07, 6.45) is 1.36. The van der Waals surface area contributed by atoms with E-state index in [9.17, 15) is 9.59 Å². The molecule has 24 heavy (non-hydrogen) atoms. The molecule has 0 radical (unpaired) electrons. The molecule has 0 fully saturated rings. The van der Waals surface area contributed by atoms with Crippen molar-refractivity contribution in [3.8, 4) is 0 Å². The van der Waals surface area contributed by atoms with Gasteiger partial charge in [-0.25, -0.2) is 4.98 Å². The van der Waals surface area contributed by atoms with Crippen molar-refractivity contribution in [1.82, 2.24) is 4.98 Å². The lowest BCUT2D eigenvalue weighted by molar-refractivity contribution is 0.1000. The third kappa shape index (κ3) is 4.02. The first-order valence-electron chi connectivity index (χ1n) is 6.94. The van der Waals surface area contributed by atoms with Crippen LogP contribution in [0, 0.1) is 0 Å². The fraction of sp³-hybridized carbons (Fsp3) is 0.0625. The summed E-state index contributed by atoms with van der Waals surface area (Å²) >= 11 is 4.36. The van der Waals surface area contributed by atoms with Crippen LogP contribution in [0.1, 0.15) is 24.9 Å². The Bertz CT molecular complexity index is 859. The fourth-order valence-corrected chi connectivity index (χ4v) is 4.42. The highest BCUT2D eigenvalue weighted by Gasteiger charge is 2.14. The molecule has 0 aliphatic carbocycles. The second-order valence-electron chi connectivity index (χ2n) is 4.71. The number of nitrogens with zero attached hydrogens (tertiary/aromatic N) is 1. The lowest BCUT2D eigenvalue weighted by atomic mass is 10.2. The van der Waals surface area contributed by atoms with Gasteiger partial charge < -0.3 is 5.73 Å². The van der Waals surface area contributed by atoms with E-state index in [4.69, 9.17) is 5.73 Å². The number of thiophene rings is 1. The zero-order valence-electron chi connectivity index (χ0n) is 12.4. The molecule has 0 saturated heterocycles. The summed E-state index contributed by atoms with van der Waals surface area (Å²) in [5.74, 6) is -0.0000484. The van der Waals surface area contributed by atoms with E-state index in [0.29, 0.717) is 15.6 Å². The number of benzene rings is 1. The van der Waals surface area contributed by atoms with Gasteiger partial charge in [-0.2, -0.15) is 0 Å². The van der Waals surface area contributed by atoms with Gasteiger partial charge in [0, 0.05) is 15.5 Å². The number of thiazole rings is 1. The average Bonchev–Trinajstić information content (AvgIpc) is 3.25. The van der Waals surface area contributed by atoms with Crippen LogP contribution in [0.3, 0.4) is 0 Å². The number of carbonyl (C=O) groups excluding carboxylic acids is 2. The van der Waals surface area contributed by atoms with Crippen LogP contribution in [0.2, 0.25) is 0 Å². The van der Waals surface area contributed by atoms with Gasteiger partial charge >= 0.3 is 0 Å². The second-order valence-corrected chi connectivity index (χ2v) is 7.79. The van der Waals surface area contributed by atoms with E-state index < -0.39 is 5.91 Å². The van der Waals surface area contributed by atoms with Crippen molar-refractivity contribution in [2.75, 3.05) is 5.32 Å². The van der Waals surface area contributed by atoms with Crippen molar-refractivity contribution in [3.63, 3.8) is 0 Å². The highest BCUT2D eigenvalue weighted by molar-refractivity contribution is 7.98. The summed E-state index contributed by atoms with van der Waals surface area (Å²) in [6, 6.07) is 11.5. The maximum absolute atomic E-state index is 12.5. The Hall–Kier alpha value is -2.16. The Morgan fingerprint density at radius 1 is 1.21 bits per heavy atom. The molecule has 1 aromatic carbocycles. The van der Waals surface area contributed by atoms with Gasteiger partial charge in [-0.1, -0.05) is 29.5 Å². The molecule has 0 spiro atoms. The Morgan fingerprint density at radius 2 is 2.04 bits per heavy atom. The van der Waals surface area contributed by atoms with Crippen LogP contribution in [0.25, 0.3) is 0 Å². The number of rotatable bonds is 6. The Morgan fingerprint density at radius 3 is 2.75 bits per heavy atom. The standard InChI is InChI=1S/C16H13N3O2S3/c17-14(20)13-8-18-16(24-13)19-15(21)11-5-1-2-6-12(11)23-9-10-4-3-7-22-10/h1-8H,9H2,(H2,17,20)(H,18,19,21). The zero-order chi connectivity index (χ0) is 16.9. The summed E-state index contributed by atoms with van der Waals surface area (Å²) in [5, 5.41) is 5.11. The molecule has 8 heteroatoms. The van der Waals surface area contributed by atoms with Gasteiger partial charge in [-0.05, 0) is 23.6 Å². The normalized spacial score (nSPS) is 10.5. The zero-order valence-corrected chi connectivity index (χ0v) is 14.8. The van der Waals surface area contributed by atoms with E-state index in [1.807, 2.05) is 29.6 Å². The highest BCUT2D eigenvalue weighted by Crippen LogP contribution is 2.28. The number of primary amides is 1. The van der Waals surface area contributed by atoms with Gasteiger partial charge in [0.05, 0.1) is 11.8 Å². The molecule has 0 aliphatic heterocycles. The quantitative estimate of drug-likeness (QED) is 0.641. The minimum Gasteiger partial charge on any atom is -0.365 e. The predicted molar refractivity (Wildman–Crippen MR) is 98.9 cm³/mol. The molecule has 0 saturated carbocycles. The molecule has 2 heterocycles. The molecular formula is C16H13N3O2S3. The van der Waals surface area contributed by atoms with Crippen molar-refractivity contribution < 1.29 is 9.59 Å². The minimum atomic E-state index is -0.556. The van der Waals surface area contributed by atoms with Gasteiger partial charge in [0.15, 0.2) is 5.13 Å². The van der Waals surface area contributed by atoms with Crippen molar-refractivity contribution >= 4 is 51.4 Å². The van der Waals surface area contributed by atoms with Gasteiger partial charge in [0.25, 0.3) is 11.8 Å². The molecular weight excluding hydrogens is 362 g/mol. The molecule has 0 unspecified atom stereocenters. The molecule has 0 atom stereocenters. The first-order valence-corrected chi connectivity index (χ1v) is 9.63. The number of nitrogens with two attached hydrogens (primary N) is 1. The molecule has 3 rings (SSSR count). The molecule has 3 aromatic rings. The molecule has 2 amide bonds. The van der Waals surface area contributed by atoms with Crippen LogP contribution in [0.15, 0.2) is 52.9 Å². The average molecular weight is 376 g/mol. The smallest absolute Gasteiger partial charge is 0.260 e. The number of carbonyl (C=O) groups is 2. The summed E-state index contributed by atoms with van der Waals surface area (Å²) in [6.45, 7) is 0. The lowest BCUT2D eigenvalue weighted by Crippen LogP contribution is -2.12. The summed E-state index contributed by atoms with van der Waals surface area (Å²) < 4.78 is 0. The summed E-state index contributed by atoms with van der Waals surface area (Å²) in [5.41, 5.74) is 5.77. The number of amides is 2. The SMILES string of the molecule is NC(=O)c1cnc(NC(=O)c2ccccc2SCc2cccs2)s1.